The van der Waals surface area contributed by atoms with Crippen LogP contribution in [0.5, 0.6) is 0 Å². The van der Waals surface area contributed by atoms with Crippen LogP contribution in [-0.2, 0) is 0 Å². The molecule has 1 N–H and O–H groups in total. The number of aliphatic hydroxyl groups excluding tert-OH is 1. The van der Waals surface area contributed by atoms with E-state index in [1.807, 2.05) is 30.3 Å². The van der Waals surface area contributed by atoms with E-state index >= 15 is 0 Å². The monoisotopic (exact) mass is 369 g/mol. The van der Waals surface area contributed by atoms with Crippen LogP contribution in [0.4, 0.5) is 0 Å². The lowest BCUT2D eigenvalue weighted by Gasteiger charge is -2.28. The second-order valence-electron chi connectivity index (χ2n) is 6.14. The van der Waals surface area contributed by atoms with Crippen LogP contribution in [0.25, 0.3) is 5.57 Å². The predicted octanol–water partition coefficient (Wildman–Crippen LogP) is 5.30. The van der Waals surface area contributed by atoms with Gasteiger partial charge in [-0.15, -0.1) is 11.3 Å². The van der Waals surface area contributed by atoms with Gasteiger partial charge in [0.2, 0.25) is 0 Å². The molecular weight excluding hydrogens is 346 g/mol. The van der Waals surface area contributed by atoms with Gasteiger partial charge < -0.3 is 5.11 Å². The van der Waals surface area contributed by atoms with Gasteiger partial charge in [0, 0.05) is 17.5 Å². The van der Waals surface area contributed by atoms with E-state index in [9.17, 15) is 5.11 Å². The van der Waals surface area contributed by atoms with E-state index in [0.717, 1.165) is 12.1 Å². The predicted molar refractivity (Wildman–Crippen MR) is 109 cm³/mol. The molecule has 0 radical (unpaired) electrons. The van der Waals surface area contributed by atoms with Gasteiger partial charge in [0.05, 0.1) is 6.10 Å². The summed E-state index contributed by atoms with van der Waals surface area (Å²) in [7, 11) is 2.06. The lowest BCUT2D eigenvalue weighted by molar-refractivity contribution is 0.0787. The number of benzene rings is 1. The average molecular weight is 370 g/mol. The number of likely N-dealkylation sites (N-methyl/N-ethyl adjacent to an activating group) is 1. The second-order valence-corrected chi connectivity index (χ2v) is 7.87. The van der Waals surface area contributed by atoms with Crippen molar-refractivity contribution in [3.63, 3.8) is 0 Å². The summed E-state index contributed by atoms with van der Waals surface area (Å²) in [5.74, 6) is 0. The normalized spacial score (nSPS) is 14.6. The fourth-order valence-corrected chi connectivity index (χ4v) is 4.23. The smallest absolute Gasteiger partial charge is 0.0942 e. The number of thiophene rings is 2. The van der Waals surface area contributed by atoms with E-state index in [2.05, 4.69) is 59.3 Å². The van der Waals surface area contributed by atoms with Crippen LogP contribution in [0.3, 0.4) is 0 Å². The Balaban J connectivity index is 1.74. The molecule has 0 amide bonds. The summed E-state index contributed by atoms with van der Waals surface area (Å²) in [6.45, 7) is 2.86. The molecule has 0 spiro atoms. The van der Waals surface area contributed by atoms with Gasteiger partial charge in [-0.2, -0.15) is 11.3 Å². The van der Waals surface area contributed by atoms with Gasteiger partial charge in [0.15, 0.2) is 0 Å². The van der Waals surface area contributed by atoms with E-state index in [4.69, 9.17) is 0 Å². The van der Waals surface area contributed by atoms with E-state index in [1.54, 1.807) is 22.7 Å². The van der Waals surface area contributed by atoms with Crippen LogP contribution in [-0.4, -0.2) is 29.6 Å². The van der Waals surface area contributed by atoms with Crippen molar-refractivity contribution in [1.82, 2.24) is 4.90 Å². The second kappa shape index (κ2) is 8.59. The third kappa shape index (κ3) is 4.47. The number of rotatable bonds is 7. The molecule has 0 saturated carbocycles. The molecule has 0 fully saturated rings. The molecule has 2 unspecified atom stereocenters. The maximum Gasteiger partial charge on any atom is 0.0942 e. The van der Waals surface area contributed by atoms with Gasteiger partial charge >= 0.3 is 0 Å². The van der Waals surface area contributed by atoms with Crippen LogP contribution in [0.1, 0.15) is 29.0 Å². The maximum atomic E-state index is 10.6. The highest BCUT2D eigenvalue weighted by atomic mass is 32.1. The molecular formula is C21H23NOS2. The Kier molecular flexibility index (Phi) is 6.21. The van der Waals surface area contributed by atoms with Crippen LogP contribution in [0.2, 0.25) is 0 Å². The highest BCUT2D eigenvalue weighted by Gasteiger charge is 2.20. The van der Waals surface area contributed by atoms with E-state index < -0.39 is 6.10 Å². The summed E-state index contributed by atoms with van der Waals surface area (Å²) in [6, 6.07) is 16.3. The number of nitrogens with zero attached hydrogens (tertiary/aromatic N) is 1. The van der Waals surface area contributed by atoms with Crippen molar-refractivity contribution in [3.8, 4) is 0 Å². The Morgan fingerprint density at radius 2 is 1.92 bits per heavy atom. The molecule has 0 aliphatic heterocycles. The zero-order valence-corrected chi connectivity index (χ0v) is 16.1. The van der Waals surface area contributed by atoms with Crippen molar-refractivity contribution in [2.75, 3.05) is 13.6 Å². The first-order chi connectivity index (χ1) is 12.2. The Hall–Kier alpha value is -1.72. The molecule has 3 rings (SSSR count). The van der Waals surface area contributed by atoms with E-state index in [1.165, 1.54) is 16.0 Å². The van der Waals surface area contributed by atoms with Crippen LogP contribution in [0, 0.1) is 0 Å². The summed E-state index contributed by atoms with van der Waals surface area (Å²) in [6.07, 6.45) is 1.77. The first-order valence-corrected chi connectivity index (χ1v) is 10.2. The average Bonchev–Trinajstić information content (AvgIpc) is 3.35. The quantitative estimate of drug-likeness (QED) is 0.611. The lowest BCUT2D eigenvalue weighted by Crippen LogP contribution is -2.34. The Bertz CT molecular complexity index is 742. The van der Waals surface area contributed by atoms with Gasteiger partial charge in [-0.3, -0.25) is 4.90 Å². The third-order valence-corrected chi connectivity index (χ3v) is 6.08. The summed E-state index contributed by atoms with van der Waals surface area (Å²) < 4.78 is 0. The van der Waals surface area contributed by atoms with Crippen LogP contribution < -0.4 is 0 Å². The van der Waals surface area contributed by atoms with E-state index in [-0.39, 0.29) is 6.04 Å². The fourth-order valence-electron chi connectivity index (χ4n) is 2.78. The Morgan fingerprint density at radius 1 is 1.12 bits per heavy atom. The zero-order chi connectivity index (χ0) is 17.6. The topological polar surface area (TPSA) is 23.5 Å². The molecule has 2 nitrogen and oxygen atoms in total. The molecule has 25 heavy (non-hydrogen) atoms. The van der Waals surface area contributed by atoms with Gasteiger partial charge in [-0.05, 0) is 58.9 Å². The van der Waals surface area contributed by atoms with Crippen molar-refractivity contribution in [3.05, 3.63) is 86.8 Å². The molecule has 130 valence electrons. The molecule has 2 atom stereocenters. The first-order valence-electron chi connectivity index (χ1n) is 8.36. The molecule has 3 aromatic rings. The van der Waals surface area contributed by atoms with Crippen molar-refractivity contribution in [2.24, 2.45) is 0 Å². The Labute approximate surface area is 157 Å². The number of hydrogen-bond donors (Lipinski definition) is 1. The van der Waals surface area contributed by atoms with Crippen molar-refractivity contribution in [2.45, 2.75) is 19.1 Å². The first kappa shape index (κ1) is 18.1. The highest BCUT2D eigenvalue weighted by molar-refractivity contribution is 7.11. The number of aliphatic hydroxyl groups is 1. The number of hydrogen-bond acceptors (Lipinski definition) is 4. The largest absolute Gasteiger partial charge is 0.387 e. The summed E-state index contributed by atoms with van der Waals surface area (Å²) in [4.78, 5) is 3.47. The molecule has 2 aromatic heterocycles. The van der Waals surface area contributed by atoms with Gasteiger partial charge in [-0.1, -0.05) is 42.5 Å². The van der Waals surface area contributed by atoms with Crippen molar-refractivity contribution in [1.29, 1.82) is 0 Å². The lowest BCUT2D eigenvalue weighted by atomic mass is 10.0. The molecule has 1 aromatic carbocycles. The molecule has 0 aliphatic rings. The molecule has 0 bridgehead atoms. The van der Waals surface area contributed by atoms with Crippen LogP contribution >= 0.6 is 22.7 Å². The molecule has 0 aliphatic carbocycles. The highest BCUT2D eigenvalue weighted by Crippen LogP contribution is 2.29. The van der Waals surface area contributed by atoms with Gasteiger partial charge in [-0.25, -0.2) is 0 Å². The Morgan fingerprint density at radius 3 is 2.56 bits per heavy atom. The maximum absolute atomic E-state index is 10.6. The molecule has 4 heteroatoms. The van der Waals surface area contributed by atoms with Crippen molar-refractivity contribution >= 4 is 28.2 Å². The summed E-state index contributed by atoms with van der Waals surface area (Å²) >= 11 is 3.48. The summed E-state index contributed by atoms with van der Waals surface area (Å²) in [5, 5.41) is 17.0. The standard InChI is InChI=1S/C21H23NOS2/c1-16(21(23)17-7-4-3-5-8-17)22(2)12-10-19(18-11-14-24-15-18)20-9-6-13-25-20/h3-11,13-16,21,23H,12H2,1-2H3/b19-10-. The minimum atomic E-state index is -0.495. The zero-order valence-electron chi connectivity index (χ0n) is 14.5. The minimum Gasteiger partial charge on any atom is -0.387 e. The summed E-state index contributed by atoms with van der Waals surface area (Å²) in [5.41, 5.74) is 3.49. The van der Waals surface area contributed by atoms with Gasteiger partial charge in [0.1, 0.15) is 0 Å². The van der Waals surface area contributed by atoms with Crippen LogP contribution in [0.15, 0.2) is 70.7 Å². The molecule has 0 saturated heterocycles. The SMILES string of the molecule is CC(C(O)c1ccccc1)N(C)C/C=C(/c1ccsc1)c1cccs1. The van der Waals surface area contributed by atoms with Crippen molar-refractivity contribution < 1.29 is 5.11 Å². The third-order valence-electron chi connectivity index (χ3n) is 4.50. The van der Waals surface area contributed by atoms with Gasteiger partial charge in [0.25, 0.3) is 0 Å². The van der Waals surface area contributed by atoms with E-state index in [0.29, 0.717) is 0 Å². The minimum absolute atomic E-state index is 0.0331. The fraction of sp³-hybridized carbons (Fsp3) is 0.238. The molecule has 2 heterocycles.